The maximum atomic E-state index is 13.1. The predicted molar refractivity (Wildman–Crippen MR) is 104 cm³/mol. The molecule has 28 heavy (non-hydrogen) atoms. The van der Waals surface area contributed by atoms with E-state index >= 15 is 0 Å². The largest absolute Gasteiger partial charge is 0.472 e. The van der Waals surface area contributed by atoms with E-state index in [9.17, 15) is 9.59 Å². The molecular weight excluding hydrogens is 358 g/mol. The van der Waals surface area contributed by atoms with Gasteiger partial charge in [0, 0.05) is 11.8 Å². The summed E-state index contributed by atoms with van der Waals surface area (Å²) in [4.78, 5) is 35.2. The predicted octanol–water partition coefficient (Wildman–Crippen LogP) is 2.16. The van der Waals surface area contributed by atoms with E-state index in [1.807, 2.05) is 18.2 Å². The minimum atomic E-state index is -0.873. The van der Waals surface area contributed by atoms with Crippen LogP contribution in [0.3, 0.4) is 0 Å². The quantitative estimate of drug-likeness (QED) is 0.723. The summed E-state index contributed by atoms with van der Waals surface area (Å²) in [5, 5.41) is 2.67. The molecule has 3 N–H and O–H groups in total. The van der Waals surface area contributed by atoms with Gasteiger partial charge in [-0.1, -0.05) is 36.4 Å². The van der Waals surface area contributed by atoms with Crippen LogP contribution < -0.4 is 20.7 Å². The van der Waals surface area contributed by atoms with Crippen molar-refractivity contribution in [2.45, 2.75) is 6.10 Å². The summed E-state index contributed by atoms with van der Waals surface area (Å²) in [6.07, 6.45) is 0.695. The van der Waals surface area contributed by atoms with E-state index in [1.165, 1.54) is 4.90 Å². The average Bonchev–Trinajstić information content (AvgIpc) is 2.71. The third-order valence-electron chi connectivity index (χ3n) is 4.19. The number of amides is 2. The normalized spacial score (nSPS) is 15.5. The number of nitrogen functional groups attached to an aromatic ring is 1. The fourth-order valence-corrected chi connectivity index (χ4v) is 2.91. The SMILES string of the molecule is Nc1ccc2c(n1)N(CC(=O)Nc1ccccn1)C(=O)C(c1ccccc1)O2. The first-order valence-electron chi connectivity index (χ1n) is 8.62. The number of carbonyl (C=O) groups is 2. The number of carbonyl (C=O) groups excluding carboxylic acids is 2. The van der Waals surface area contributed by atoms with E-state index in [4.69, 9.17) is 10.5 Å². The highest BCUT2D eigenvalue weighted by molar-refractivity contribution is 6.05. The van der Waals surface area contributed by atoms with Crippen molar-refractivity contribution in [2.75, 3.05) is 22.5 Å². The Morgan fingerprint density at radius 3 is 2.64 bits per heavy atom. The van der Waals surface area contributed by atoms with Gasteiger partial charge in [-0.25, -0.2) is 9.97 Å². The molecule has 8 nitrogen and oxygen atoms in total. The second kappa shape index (κ2) is 7.36. The lowest BCUT2D eigenvalue weighted by Crippen LogP contribution is -2.45. The minimum Gasteiger partial charge on any atom is -0.472 e. The van der Waals surface area contributed by atoms with Gasteiger partial charge in [0.1, 0.15) is 18.2 Å². The van der Waals surface area contributed by atoms with Gasteiger partial charge in [0.05, 0.1) is 0 Å². The third kappa shape index (κ3) is 3.48. The van der Waals surface area contributed by atoms with E-state index < -0.39 is 17.9 Å². The monoisotopic (exact) mass is 375 g/mol. The van der Waals surface area contributed by atoms with E-state index in [1.54, 1.807) is 48.7 Å². The number of anilines is 3. The van der Waals surface area contributed by atoms with Crippen LogP contribution in [0.4, 0.5) is 17.5 Å². The van der Waals surface area contributed by atoms with Crippen molar-refractivity contribution in [3.05, 3.63) is 72.4 Å². The molecular formula is C20H17N5O3. The molecule has 2 aromatic heterocycles. The highest BCUT2D eigenvalue weighted by atomic mass is 16.5. The molecule has 1 aromatic carbocycles. The van der Waals surface area contributed by atoms with E-state index in [-0.39, 0.29) is 18.2 Å². The van der Waals surface area contributed by atoms with Gasteiger partial charge < -0.3 is 15.8 Å². The first-order chi connectivity index (χ1) is 13.6. The lowest BCUT2D eigenvalue weighted by Gasteiger charge is -2.33. The van der Waals surface area contributed by atoms with Crippen molar-refractivity contribution in [1.82, 2.24) is 9.97 Å². The molecule has 4 rings (SSSR count). The molecule has 0 aliphatic carbocycles. The second-order valence-electron chi connectivity index (χ2n) is 6.15. The lowest BCUT2D eigenvalue weighted by atomic mass is 10.1. The molecule has 3 heterocycles. The smallest absolute Gasteiger partial charge is 0.274 e. The zero-order valence-electron chi connectivity index (χ0n) is 14.8. The number of aromatic nitrogens is 2. The Kier molecular flexibility index (Phi) is 4.59. The molecule has 0 bridgehead atoms. The Bertz CT molecular complexity index is 1010. The topological polar surface area (TPSA) is 110 Å². The van der Waals surface area contributed by atoms with Gasteiger partial charge >= 0.3 is 0 Å². The zero-order chi connectivity index (χ0) is 19.5. The highest BCUT2D eigenvalue weighted by Crippen LogP contribution is 2.37. The summed E-state index contributed by atoms with van der Waals surface area (Å²) in [6.45, 7) is -0.244. The zero-order valence-corrected chi connectivity index (χ0v) is 14.8. The van der Waals surface area contributed by atoms with Gasteiger partial charge in [-0.3, -0.25) is 14.5 Å². The number of hydrogen-bond acceptors (Lipinski definition) is 6. The van der Waals surface area contributed by atoms with Gasteiger partial charge in [-0.2, -0.15) is 0 Å². The van der Waals surface area contributed by atoms with Crippen molar-refractivity contribution < 1.29 is 14.3 Å². The van der Waals surface area contributed by atoms with Crippen LogP contribution in [0.2, 0.25) is 0 Å². The third-order valence-corrected chi connectivity index (χ3v) is 4.19. The van der Waals surface area contributed by atoms with Crippen LogP contribution in [0.1, 0.15) is 11.7 Å². The Labute approximate surface area is 161 Å². The van der Waals surface area contributed by atoms with Gasteiger partial charge in [-0.15, -0.1) is 0 Å². The minimum absolute atomic E-state index is 0.216. The molecule has 0 saturated heterocycles. The Morgan fingerprint density at radius 2 is 1.89 bits per heavy atom. The van der Waals surface area contributed by atoms with Crippen LogP contribution >= 0.6 is 0 Å². The number of fused-ring (bicyclic) bond motifs is 1. The second-order valence-corrected chi connectivity index (χ2v) is 6.15. The average molecular weight is 375 g/mol. The molecule has 1 atom stereocenters. The molecule has 8 heteroatoms. The van der Waals surface area contributed by atoms with Crippen LogP contribution in [-0.2, 0) is 9.59 Å². The Morgan fingerprint density at radius 1 is 1.11 bits per heavy atom. The van der Waals surface area contributed by atoms with Crippen molar-refractivity contribution in [3.63, 3.8) is 0 Å². The number of nitrogens with two attached hydrogens (primary N) is 1. The first-order valence-corrected chi connectivity index (χ1v) is 8.62. The maximum absolute atomic E-state index is 13.1. The van der Waals surface area contributed by atoms with Crippen LogP contribution in [0, 0.1) is 0 Å². The number of hydrogen-bond donors (Lipinski definition) is 2. The van der Waals surface area contributed by atoms with Gasteiger partial charge in [0.2, 0.25) is 12.0 Å². The Hall–Kier alpha value is -3.94. The summed E-state index contributed by atoms with van der Waals surface area (Å²) >= 11 is 0. The van der Waals surface area contributed by atoms with Crippen molar-refractivity contribution >= 4 is 29.3 Å². The van der Waals surface area contributed by atoms with E-state index in [2.05, 4.69) is 15.3 Å². The van der Waals surface area contributed by atoms with Crippen molar-refractivity contribution in [3.8, 4) is 5.75 Å². The molecule has 1 aliphatic heterocycles. The maximum Gasteiger partial charge on any atom is 0.274 e. The molecule has 2 amide bonds. The van der Waals surface area contributed by atoms with E-state index in [0.29, 0.717) is 17.1 Å². The molecule has 140 valence electrons. The Balaban J connectivity index is 1.64. The summed E-state index contributed by atoms with van der Waals surface area (Å²) < 4.78 is 5.86. The van der Waals surface area contributed by atoms with Crippen molar-refractivity contribution in [2.24, 2.45) is 0 Å². The van der Waals surface area contributed by atoms with Gasteiger partial charge in [-0.05, 0) is 24.3 Å². The van der Waals surface area contributed by atoms with Crippen LogP contribution in [0.25, 0.3) is 0 Å². The van der Waals surface area contributed by atoms with Crippen LogP contribution in [-0.4, -0.2) is 28.3 Å². The van der Waals surface area contributed by atoms with Crippen LogP contribution in [0.5, 0.6) is 5.75 Å². The first kappa shape index (κ1) is 17.5. The number of nitrogens with zero attached hydrogens (tertiary/aromatic N) is 3. The molecule has 0 spiro atoms. The molecule has 0 radical (unpaired) electrons. The summed E-state index contributed by atoms with van der Waals surface area (Å²) in [7, 11) is 0. The molecule has 0 fully saturated rings. The summed E-state index contributed by atoms with van der Waals surface area (Å²) in [6, 6.07) is 17.5. The fraction of sp³-hybridized carbons (Fsp3) is 0.100. The van der Waals surface area contributed by atoms with Gasteiger partial charge in [0.15, 0.2) is 11.6 Å². The van der Waals surface area contributed by atoms with Crippen LogP contribution in [0.15, 0.2) is 66.9 Å². The highest BCUT2D eigenvalue weighted by Gasteiger charge is 2.37. The van der Waals surface area contributed by atoms with Gasteiger partial charge in [0.25, 0.3) is 5.91 Å². The fourth-order valence-electron chi connectivity index (χ4n) is 2.91. The molecule has 0 saturated carbocycles. The lowest BCUT2D eigenvalue weighted by molar-refractivity contribution is -0.128. The summed E-state index contributed by atoms with van der Waals surface area (Å²) in [5.74, 6) is 0.419. The number of benzene rings is 1. The van der Waals surface area contributed by atoms with Crippen molar-refractivity contribution in [1.29, 1.82) is 0 Å². The molecule has 1 unspecified atom stereocenters. The number of ether oxygens (including phenoxy) is 1. The van der Waals surface area contributed by atoms with E-state index in [0.717, 1.165) is 0 Å². The molecule has 3 aromatic rings. The standard InChI is InChI=1S/C20H17N5O3/c21-15-10-9-14-19(23-15)25(12-17(26)24-16-8-4-5-11-22-16)20(27)18(28-14)13-6-2-1-3-7-13/h1-11,18H,12H2,(H2,21,23)(H,22,24,26). The molecule has 1 aliphatic rings. The summed E-state index contributed by atoms with van der Waals surface area (Å²) in [5.41, 5.74) is 6.46. The number of nitrogens with one attached hydrogen (secondary N) is 1. The number of pyridine rings is 2. The number of rotatable bonds is 4.